The maximum Gasteiger partial charge on any atom is 0.128 e. The van der Waals surface area contributed by atoms with Gasteiger partial charge in [0, 0.05) is 34.7 Å². The van der Waals surface area contributed by atoms with Crippen LogP contribution in [0.3, 0.4) is 0 Å². The van der Waals surface area contributed by atoms with Crippen LogP contribution in [0.15, 0.2) is 34.9 Å². The third-order valence-corrected chi connectivity index (χ3v) is 3.78. The molecule has 0 spiro atoms. The second kappa shape index (κ2) is 6.50. The number of hydrogen-bond donors (Lipinski definition) is 1. The highest BCUT2D eigenvalue weighted by Gasteiger charge is 2.16. The van der Waals surface area contributed by atoms with Gasteiger partial charge in [0.15, 0.2) is 0 Å². The first-order chi connectivity index (χ1) is 9.51. The van der Waals surface area contributed by atoms with Crippen molar-refractivity contribution < 1.29 is 4.39 Å². The zero-order valence-electron chi connectivity index (χ0n) is 11.9. The molecular formula is C15H19BrFN3. The molecule has 0 aliphatic heterocycles. The summed E-state index contributed by atoms with van der Waals surface area (Å²) in [6.45, 7) is 4.17. The minimum Gasteiger partial charge on any atom is -0.313 e. The zero-order valence-corrected chi connectivity index (χ0v) is 13.5. The van der Waals surface area contributed by atoms with Crippen molar-refractivity contribution in [1.82, 2.24) is 15.1 Å². The minimum atomic E-state index is -0.198. The highest BCUT2D eigenvalue weighted by molar-refractivity contribution is 9.10. The Morgan fingerprint density at radius 1 is 1.35 bits per heavy atom. The second-order valence-electron chi connectivity index (χ2n) is 5.09. The normalized spacial score (nSPS) is 12.9. The Kier molecular flexibility index (Phi) is 4.94. The summed E-state index contributed by atoms with van der Waals surface area (Å²) in [5.41, 5.74) is 1.61. The predicted octanol–water partition coefficient (Wildman–Crippen LogP) is 3.87. The summed E-state index contributed by atoms with van der Waals surface area (Å²) in [7, 11) is 1.84. The lowest BCUT2D eigenvalue weighted by molar-refractivity contribution is 0.504. The van der Waals surface area contributed by atoms with Gasteiger partial charge in [-0.15, -0.1) is 0 Å². The average Bonchev–Trinajstić information content (AvgIpc) is 2.88. The van der Waals surface area contributed by atoms with Crippen LogP contribution >= 0.6 is 15.9 Å². The quantitative estimate of drug-likeness (QED) is 0.896. The van der Waals surface area contributed by atoms with E-state index < -0.39 is 0 Å². The maximum absolute atomic E-state index is 14.0. The van der Waals surface area contributed by atoms with Crippen molar-refractivity contribution in [2.75, 3.05) is 7.05 Å². The largest absolute Gasteiger partial charge is 0.313 e. The average molecular weight is 340 g/mol. The van der Waals surface area contributed by atoms with Gasteiger partial charge in [0.1, 0.15) is 5.82 Å². The Labute approximate surface area is 127 Å². The van der Waals surface area contributed by atoms with E-state index >= 15 is 0 Å². The fourth-order valence-electron chi connectivity index (χ4n) is 2.13. The number of rotatable bonds is 5. The number of hydrogen-bond acceptors (Lipinski definition) is 2. The molecule has 0 radical (unpaired) electrons. The van der Waals surface area contributed by atoms with Crippen molar-refractivity contribution in [3.8, 4) is 0 Å². The van der Waals surface area contributed by atoms with Crippen molar-refractivity contribution >= 4 is 15.9 Å². The Hall–Kier alpha value is -1.20. The van der Waals surface area contributed by atoms with Crippen LogP contribution < -0.4 is 5.32 Å². The lowest BCUT2D eigenvalue weighted by Crippen LogP contribution is -2.20. The van der Waals surface area contributed by atoms with Gasteiger partial charge in [0.25, 0.3) is 0 Å². The smallest absolute Gasteiger partial charge is 0.128 e. The molecule has 0 fully saturated rings. The number of halogens is 2. The molecule has 1 atom stereocenters. The number of benzene rings is 1. The van der Waals surface area contributed by atoms with Crippen LogP contribution in [-0.2, 0) is 6.42 Å². The Morgan fingerprint density at radius 2 is 2.10 bits per heavy atom. The molecule has 2 rings (SSSR count). The molecule has 0 amide bonds. The summed E-state index contributed by atoms with van der Waals surface area (Å²) < 4.78 is 16.7. The molecule has 3 nitrogen and oxygen atoms in total. The van der Waals surface area contributed by atoms with E-state index in [4.69, 9.17) is 0 Å². The molecule has 20 heavy (non-hydrogen) atoms. The van der Waals surface area contributed by atoms with Crippen molar-refractivity contribution in [2.45, 2.75) is 32.4 Å². The standard InChI is InChI=1S/C15H19BrFN3/c1-10(2)20-7-6-12(19-20)9-15(18-3)13-8-11(16)4-5-14(13)17/h4-8,10,15,18H,9H2,1-3H3. The molecule has 0 saturated carbocycles. The molecule has 0 aliphatic rings. The molecule has 5 heteroatoms. The van der Waals surface area contributed by atoms with E-state index in [1.807, 2.05) is 30.1 Å². The lowest BCUT2D eigenvalue weighted by Gasteiger charge is -2.16. The molecule has 2 aromatic rings. The van der Waals surface area contributed by atoms with Gasteiger partial charge in [-0.1, -0.05) is 15.9 Å². The summed E-state index contributed by atoms with van der Waals surface area (Å²) in [5, 5.41) is 7.68. The Morgan fingerprint density at radius 3 is 2.70 bits per heavy atom. The Bertz CT molecular complexity index is 580. The van der Waals surface area contributed by atoms with E-state index in [1.54, 1.807) is 6.07 Å². The van der Waals surface area contributed by atoms with Crippen molar-refractivity contribution in [1.29, 1.82) is 0 Å². The van der Waals surface area contributed by atoms with E-state index in [-0.39, 0.29) is 11.9 Å². The van der Waals surface area contributed by atoms with Gasteiger partial charge in [0.2, 0.25) is 0 Å². The van der Waals surface area contributed by atoms with Gasteiger partial charge in [-0.3, -0.25) is 4.68 Å². The lowest BCUT2D eigenvalue weighted by atomic mass is 10.0. The summed E-state index contributed by atoms with van der Waals surface area (Å²) in [6, 6.07) is 7.23. The third kappa shape index (κ3) is 3.46. The van der Waals surface area contributed by atoms with Crippen LogP contribution in [0, 0.1) is 5.82 Å². The fourth-order valence-corrected chi connectivity index (χ4v) is 2.51. The van der Waals surface area contributed by atoms with Crippen LogP contribution in [0.2, 0.25) is 0 Å². The molecule has 1 N–H and O–H groups in total. The second-order valence-corrected chi connectivity index (χ2v) is 6.01. The van der Waals surface area contributed by atoms with Crippen molar-refractivity contribution in [3.63, 3.8) is 0 Å². The first-order valence-electron chi connectivity index (χ1n) is 6.67. The van der Waals surface area contributed by atoms with Gasteiger partial charge >= 0.3 is 0 Å². The number of nitrogens with one attached hydrogen (secondary N) is 1. The van der Waals surface area contributed by atoms with E-state index in [0.29, 0.717) is 18.0 Å². The molecule has 0 aliphatic carbocycles. The summed E-state index contributed by atoms with van der Waals surface area (Å²) >= 11 is 3.39. The molecule has 108 valence electrons. The van der Waals surface area contributed by atoms with E-state index in [0.717, 1.165) is 10.2 Å². The van der Waals surface area contributed by atoms with Gasteiger partial charge in [-0.05, 0) is 45.2 Å². The molecular weight excluding hydrogens is 321 g/mol. The van der Waals surface area contributed by atoms with E-state index in [9.17, 15) is 4.39 Å². The van der Waals surface area contributed by atoms with Gasteiger partial charge < -0.3 is 5.32 Å². The van der Waals surface area contributed by atoms with Crippen LogP contribution in [-0.4, -0.2) is 16.8 Å². The fraction of sp³-hybridized carbons (Fsp3) is 0.400. The SMILES string of the molecule is CNC(Cc1ccn(C(C)C)n1)c1cc(Br)ccc1F. The van der Waals surface area contributed by atoms with Gasteiger partial charge in [-0.25, -0.2) is 4.39 Å². The maximum atomic E-state index is 14.0. The van der Waals surface area contributed by atoms with Crippen LogP contribution in [0.1, 0.15) is 37.2 Å². The highest BCUT2D eigenvalue weighted by Crippen LogP contribution is 2.24. The molecule has 0 saturated heterocycles. The third-order valence-electron chi connectivity index (χ3n) is 3.29. The molecule has 1 unspecified atom stereocenters. The first kappa shape index (κ1) is 15.2. The number of likely N-dealkylation sites (N-methyl/N-ethyl adjacent to an activating group) is 1. The van der Waals surface area contributed by atoms with Crippen molar-refractivity contribution in [3.05, 3.63) is 52.0 Å². The van der Waals surface area contributed by atoms with Crippen molar-refractivity contribution in [2.24, 2.45) is 0 Å². The number of nitrogens with zero attached hydrogens (tertiary/aromatic N) is 2. The van der Waals surface area contributed by atoms with Crippen LogP contribution in [0.5, 0.6) is 0 Å². The Balaban J connectivity index is 2.21. The minimum absolute atomic E-state index is 0.0944. The molecule has 1 heterocycles. The molecule has 0 bridgehead atoms. The van der Waals surface area contributed by atoms with Gasteiger partial charge in [0.05, 0.1) is 5.69 Å². The van der Waals surface area contributed by atoms with E-state index in [1.165, 1.54) is 6.07 Å². The summed E-state index contributed by atoms with van der Waals surface area (Å²) in [6.07, 6.45) is 2.62. The summed E-state index contributed by atoms with van der Waals surface area (Å²) in [4.78, 5) is 0. The number of aromatic nitrogens is 2. The van der Waals surface area contributed by atoms with Gasteiger partial charge in [-0.2, -0.15) is 5.10 Å². The molecule has 1 aromatic carbocycles. The summed E-state index contributed by atoms with van der Waals surface area (Å²) in [5.74, 6) is -0.198. The van der Waals surface area contributed by atoms with Crippen LogP contribution in [0.25, 0.3) is 0 Å². The molecule has 1 aromatic heterocycles. The predicted molar refractivity (Wildman–Crippen MR) is 82.2 cm³/mol. The topological polar surface area (TPSA) is 29.9 Å². The van der Waals surface area contributed by atoms with E-state index in [2.05, 4.69) is 40.2 Å². The highest BCUT2D eigenvalue weighted by atomic mass is 79.9. The van der Waals surface area contributed by atoms with Crippen LogP contribution in [0.4, 0.5) is 4.39 Å². The zero-order chi connectivity index (χ0) is 14.7. The monoisotopic (exact) mass is 339 g/mol. The first-order valence-corrected chi connectivity index (χ1v) is 7.46.